The smallest absolute Gasteiger partial charge is 0.214 e. The Labute approximate surface area is 152 Å². The number of hydrogen-bond donors (Lipinski definition) is 1. The lowest BCUT2D eigenvalue weighted by Crippen LogP contribution is -2.13. The summed E-state index contributed by atoms with van der Waals surface area (Å²) in [6, 6.07) is 10.4. The number of ether oxygens (including phenoxy) is 2. The molecule has 2 heterocycles. The Morgan fingerprint density at radius 1 is 1.24 bits per heavy atom. The van der Waals surface area contributed by atoms with Gasteiger partial charge in [0.15, 0.2) is 6.79 Å². The summed E-state index contributed by atoms with van der Waals surface area (Å²) in [6.45, 7) is 0.719. The van der Waals surface area contributed by atoms with Crippen LogP contribution in [0.2, 0.25) is 5.02 Å². The minimum atomic E-state index is 0.191. The van der Waals surface area contributed by atoms with E-state index in [2.05, 4.69) is 15.5 Å². The van der Waals surface area contributed by atoms with E-state index >= 15 is 0 Å². The number of tetrazole rings is 1. The predicted octanol–water partition coefficient (Wildman–Crippen LogP) is 3.18. The molecular formula is C16H13ClN4O3S. The highest BCUT2D eigenvalue weighted by Gasteiger charge is 2.18. The van der Waals surface area contributed by atoms with Crippen molar-refractivity contribution in [3.8, 4) is 17.2 Å². The fraction of sp³-hybridized carbons (Fsp3) is 0.188. The fourth-order valence-electron chi connectivity index (χ4n) is 2.53. The second kappa shape index (κ2) is 6.91. The number of benzene rings is 2. The van der Waals surface area contributed by atoms with Crippen molar-refractivity contribution in [2.45, 2.75) is 17.5 Å². The van der Waals surface area contributed by atoms with Crippen LogP contribution in [0.1, 0.15) is 11.1 Å². The largest absolute Gasteiger partial charge is 0.508 e. The van der Waals surface area contributed by atoms with Gasteiger partial charge in [-0.25, -0.2) is 0 Å². The first kappa shape index (κ1) is 16.2. The van der Waals surface area contributed by atoms with Gasteiger partial charge in [0.05, 0.1) is 12.3 Å². The summed E-state index contributed by atoms with van der Waals surface area (Å²) in [5, 5.41) is 22.5. The molecule has 0 fully saturated rings. The highest BCUT2D eigenvalue weighted by Crippen LogP contribution is 2.35. The minimum Gasteiger partial charge on any atom is -0.508 e. The third-order valence-electron chi connectivity index (χ3n) is 3.64. The Balaban J connectivity index is 1.58. The Bertz CT molecular complexity index is 901. The molecule has 0 atom stereocenters. The molecule has 0 saturated carbocycles. The molecular weight excluding hydrogens is 364 g/mol. The van der Waals surface area contributed by atoms with E-state index < -0.39 is 0 Å². The van der Waals surface area contributed by atoms with Crippen LogP contribution in [-0.4, -0.2) is 32.1 Å². The van der Waals surface area contributed by atoms with Gasteiger partial charge in [-0.15, -0.1) is 5.10 Å². The van der Waals surface area contributed by atoms with Crippen LogP contribution in [0.25, 0.3) is 5.69 Å². The number of fused-ring (bicyclic) bond motifs is 1. The molecule has 0 radical (unpaired) electrons. The van der Waals surface area contributed by atoms with E-state index in [9.17, 15) is 5.11 Å². The number of aromatic hydroxyl groups is 1. The molecule has 25 heavy (non-hydrogen) atoms. The Kier molecular flexibility index (Phi) is 4.48. The van der Waals surface area contributed by atoms with Crippen molar-refractivity contribution in [3.63, 3.8) is 0 Å². The van der Waals surface area contributed by atoms with Crippen LogP contribution in [-0.2, 0) is 17.1 Å². The number of nitrogens with zero attached hydrogens (tertiary/aromatic N) is 4. The first-order chi connectivity index (χ1) is 12.2. The van der Waals surface area contributed by atoms with Crippen LogP contribution in [0.15, 0.2) is 41.6 Å². The maximum absolute atomic E-state index is 9.41. The molecule has 3 aromatic rings. The average Bonchev–Trinajstić information content (AvgIpc) is 3.08. The van der Waals surface area contributed by atoms with Gasteiger partial charge in [0, 0.05) is 21.9 Å². The predicted molar refractivity (Wildman–Crippen MR) is 92.1 cm³/mol. The molecule has 1 aromatic heterocycles. The second-order valence-corrected chi connectivity index (χ2v) is 6.72. The summed E-state index contributed by atoms with van der Waals surface area (Å²) in [4.78, 5) is 0. The zero-order valence-electron chi connectivity index (χ0n) is 12.9. The van der Waals surface area contributed by atoms with Crippen molar-refractivity contribution in [2.75, 3.05) is 6.79 Å². The molecule has 1 aliphatic rings. The van der Waals surface area contributed by atoms with E-state index in [1.807, 2.05) is 12.1 Å². The second-order valence-electron chi connectivity index (χ2n) is 5.34. The number of halogens is 1. The first-order valence-electron chi connectivity index (χ1n) is 7.43. The average molecular weight is 377 g/mol. The van der Waals surface area contributed by atoms with Crippen molar-refractivity contribution in [3.05, 3.63) is 52.5 Å². The molecule has 1 aliphatic heterocycles. The first-order valence-corrected chi connectivity index (χ1v) is 8.79. The lowest BCUT2D eigenvalue weighted by atomic mass is 10.1. The zero-order chi connectivity index (χ0) is 17.2. The van der Waals surface area contributed by atoms with Crippen molar-refractivity contribution < 1.29 is 14.6 Å². The standard InChI is InChI=1S/C16H13ClN4O3S/c17-12-5-10-7-23-9-24-15(10)11(6-12)8-25-16-18-19-20-21(16)13-1-3-14(22)4-2-13/h1-6,22H,7-9H2. The van der Waals surface area contributed by atoms with E-state index in [0.29, 0.717) is 22.5 Å². The topological polar surface area (TPSA) is 82.3 Å². The van der Waals surface area contributed by atoms with E-state index in [1.165, 1.54) is 11.8 Å². The summed E-state index contributed by atoms with van der Waals surface area (Å²) >= 11 is 7.67. The Morgan fingerprint density at radius 2 is 2.08 bits per heavy atom. The van der Waals surface area contributed by atoms with Gasteiger partial charge < -0.3 is 14.6 Å². The molecule has 0 amide bonds. The number of aromatic nitrogens is 4. The normalized spacial score (nSPS) is 13.3. The van der Waals surface area contributed by atoms with Gasteiger partial charge in [-0.3, -0.25) is 0 Å². The summed E-state index contributed by atoms with van der Waals surface area (Å²) in [5.74, 6) is 1.60. The quantitative estimate of drug-likeness (QED) is 0.700. The summed E-state index contributed by atoms with van der Waals surface area (Å²) in [6.07, 6.45) is 0. The lowest BCUT2D eigenvalue weighted by Gasteiger charge is -2.20. The molecule has 2 aromatic carbocycles. The van der Waals surface area contributed by atoms with Crippen LogP contribution in [0, 0.1) is 0 Å². The molecule has 0 bridgehead atoms. The zero-order valence-corrected chi connectivity index (χ0v) is 14.5. The molecule has 1 N–H and O–H groups in total. The fourth-order valence-corrected chi connectivity index (χ4v) is 3.65. The Morgan fingerprint density at radius 3 is 2.92 bits per heavy atom. The van der Waals surface area contributed by atoms with Gasteiger partial charge in [0.1, 0.15) is 11.5 Å². The molecule has 4 rings (SSSR count). The highest BCUT2D eigenvalue weighted by atomic mass is 35.5. The van der Waals surface area contributed by atoms with Crippen LogP contribution in [0.5, 0.6) is 11.5 Å². The lowest BCUT2D eigenvalue weighted by molar-refractivity contribution is -0.0168. The molecule has 128 valence electrons. The number of thioether (sulfide) groups is 1. The maximum atomic E-state index is 9.41. The van der Waals surface area contributed by atoms with Crippen molar-refractivity contribution in [1.82, 2.24) is 20.2 Å². The van der Waals surface area contributed by atoms with Gasteiger partial charge in [-0.1, -0.05) is 23.4 Å². The van der Waals surface area contributed by atoms with Crippen molar-refractivity contribution in [2.24, 2.45) is 0 Å². The molecule has 0 spiro atoms. The van der Waals surface area contributed by atoms with Gasteiger partial charge in [0.2, 0.25) is 5.16 Å². The highest BCUT2D eigenvalue weighted by molar-refractivity contribution is 7.98. The minimum absolute atomic E-state index is 0.191. The summed E-state index contributed by atoms with van der Waals surface area (Å²) in [7, 11) is 0. The van der Waals surface area contributed by atoms with Crippen LogP contribution >= 0.6 is 23.4 Å². The molecule has 0 aliphatic carbocycles. The summed E-state index contributed by atoms with van der Waals surface area (Å²) < 4.78 is 12.5. The van der Waals surface area contributed by atoms with Crippen LogP contribution in [0.4, 0.5) is 0 Å². The Hall–Kier alpha value is -2.29. The summed E-state index contributed by atoms with van der Waals surface area (Å²) in [5.41, 5.74) is 2.67. The molecule has 0 unspecified atom stereocenters. The number of phenols is 1. The van der Waals surface area contributed by atoms with Gasteiger partial charge in [-0.05, 0) is 46.8 Å². The van der Waals surface area contributed by atoms with Crippen molar-refractivity contribution in [1.29, 1.82) is 0 Å². The van der Waals surface area contributed by atoms with E-state index in [1.54, 1.807) is 28.9 Å². The SMILES string of the molecule is Oc1ccc(-n2nnnc2SCc2cc(Cl)cc3c2OCOC3)cc1. The van der Waals surface area contributed by atoms with Gasteiger partial charge >= 0.3 is 0 Å². The van der Waals surface area contributed by atoms with Gasteiger partial charge in [0.25, 0.3) is 0 Å². The van der Waals surface area contributed by atoms with Crippen LogP contribution in [0.3, 0.4) is 0 Å². The molecule has 9 heteroatoms. The van der Waals surface area contributed by atoms with E-state index in [4.69, 9.17) is 21.1 Å². The number of rotatable bonds is 4. The van der Waals surface area contributed by atoms with E-state index in [-0.39, 0.29) is 12.5 Å². The maximum Gasteiger partial charge on any atom is 0.214 e. The van der Waals surface area contributed by atoms with Crippen LogP contribution < -0.4 is 4.74 Å². The third-order valence-corrected chi connectivity index (χ3v) is 4.83. The number of phenolic OH excluding ortho intramolecular Hbond substituents is 1. The van der Waals surface area contributed by atoms with E-state index in [0.717, 1.165) is 22.6 Å². The third kappa shape index (κ3) is 3.41. The van der Waals surface area contributed by atoms with Gasteiger partial charge in [-0.2, -0.15) is 4.68 Å². The molecule has 0 saturated heterocycles. The number of hydrogen-bond acceptors (Lipinski definition) is 7. The molecule has 7 nitrogen and oxygen atoms in total. The van der Waals surface area contributed by atoms with Crippen molar-refractivity contribution >= 4 is 23.4 Å². The monoisotopic (exact) mass is 376 g/mol.